The third kappa shape index (κ3) is 4.72. The maximum absolute atomic E-state index is 12.9. The number of halogens is 3. The largest absolute Gasteiger partial charge is 0.416 e. The van der Waals surface area contributed by atoms with Crippen LogP contribution in [0.4, 0.5) is 24.5 Å². The molecule has 0 aliphatic carbocycles. The number of anilines is 2. The molecular formula is C22H21F3N4O3S. The van der Waals surface area contributed by atoms with Crippen LogP contribution in [0.2, 0.25) is 0 Å². The molecule has 1 aliphatic heterocycles. The Balaban J connectivity index is 1.53. The highest BCUT2D eigenvalue weighted by Crippen LogP contribution is 2.32. The molecule has 2 heterocycles. The van der Waals surface area contributed by atoms with E-state index in [1.165, 1.54) is 29.9 Å². The SMILES string of the molecule is Cn1cc(C(=O)N2CCc3c(cccc3Nc3ccc(C(F)(F)F)cc3)C2)nc1S(C)(=O)=O. The van der Waals surface area contributed by atoms with Gasteiger partial charge in [-0.05, 0) is 47.9 Å². The van der Waals surface area contributed by atoms with Crippen LogP contribution >= 0.6 is 0 Å². The minimum absolute atomic E-state index is 0.0559. The molecule has 1 N–H and O–H groups in total. The number of imidazole rings is 1. The quantitative estimate of drug-likeness (QED) is 0.617. The Kier molecular flexibility index (Phi) is 5.69. The van der Waals surface area contributed by atoms with Crippen molar-refractivity contribution in [2.75, 3.05) is 18.1 Å². The molecule has 1 amide bonds. The van der Waals surface area contributed by atoms with Crippen LogP contribution in [0, 0.1) is 0 Å². The van der Waals surface area contributed by atoms with E-state index in [-0.39, 0.29) is 16.8 Å². The summed E-state index contributed by atoms with van der Waals surface area (Å²) in [5.74, 6) is -0.368. The van der Waals surface area contributed by atoms with Crippen molar-refractivity contribution in [2.45, 2.75) is 24.3 Å². The van der Waals surface area contributed by atoms with Gasteiger partial charge in [-0.15, -0.1) is 0 Å². The molecule has 0 saturated heterocycles. The van der Waals surface area contributed by atoms with E-state index in [9.17, 15) is 26.4 Å². The lowest BCUT2D eigenvalue weighted by atomic mass is 9.97. The first-order valence-electron chi connectivity index (χ1n) is 10.0. The molecule has 33 heavy (non-hydrogen) atoms. The summed E-state index contributed by atoms with van der Waals surface area (Å²) in [5.41, 5.74) is 2.49. The lowest BCUT2D eigenvalue weighted by Crippen LogP contribution is -2.36. The van der Waals surface area contributed by atoms with Gasteiger partial charge in [0.2, 0.25) is 15.0 Å². The van der Waals surface area contributed by atoms with E-state index in [0.29, 0.717) is 25.2 Å². The number of nitrogens with one attached hydrogen (secondary N) is 1. The number of carbonyl (C=O) groups excluding carboxylic acids is 1. The van der Waals surface area contributed by atoms with Gasteiger partial charge in [-0.1, -0.05) is 12.1 Å². The van der Waals surface area contributed by atoms with Crippen molar-refractivity contribution in [3.63, 3.8) is 0 Å². The molecule has 1 aromatic heterocycles. The number of amides is 1. The first kappa shape index (κ1) is 22.8. The molecule has 0 atom stereocenters. The summed E-state index contributed by atoms with van der Waals surface area (Å²) in [6, 6.07) is 10.3. The Morgan fingerprint density at radius 1 is 1.12 bits per heavy atom. The molecule has 0 saturated carbocycles. The van der Waals surface area contributed by atoms with Crippen molar-refractivity contribution in [2.24, 2.45) is 7.05 Å². The van der Waals surface area contributed by atoms with E-state index < -0.39 is 21.6 Å². The molecule has 4 rings (SSSR count). The predicted molar refractivity (Wildman–Crippen MR) is 116 cm³/mol. The normalized spacial score (nSPS) is 14.2. The van der Waals surface area contributed by atoms with Gasteiger partial charge in [0.15, 0.2) is 0 Å². The second-order valence-electron chi connectivity index (χ2n) is 7.91. The fourth-order valence-corrected chi connectivity index (χ4v) is 4.70. The standard InChI is InChI=1S/C22H21F3N4O3S/c1-28-13-19(27-21(28)33(2,31)32)20(30)29-11-10-17-14(12-29)4-3-5-18(17)26-16-8-6-15(7-9-16)22(23,24)25/h3-9,13,26H,10-12H2,1-2H3. The summed E-state index contributed by atoms with van der Waals surface area (Å²) < 4.78 is 63.3. The van der Waals surface area contributed by atoms with Gasteiger partial charge in [-0.3, -0.25) is 4.79 Å². The average Bonchev–Trinajstić information content (AvgIpc) is 3.15. The first-order chi connectivity index (χ1) is 15.4. The Morgan fingerprint density at radius 3 is 2.42 bits per heavy atom. The highest BCUT2D eigenvalue weighted by atomic mass is 32.2. The monoisotopic (exact) mass is 478 g/mol. The molecule has 0 bridgehead atoms. The molecule has 0 fully saturated rings. The zero-order chi connectivity index (χ0) is 24.0. The van der Waals surface area contributed by atoms with Crippen LogP contribution in [0.1, 0.15) is 27.2 Å². The molecule has 11 heteroatoms. The molecule has 7 nitrogen and oxygen atoms in total. The summed E-state index contributed by atoms with van der Waals surface area (Å²) in [6.45, 7) is 0.698. The van der Waals surface area contributed by atoms with Crippen LogP contribution in [-0.4, -0.2) is 41.6 Å². The van der Waals surface area contributed by atoms with Crippen molar-refractivity contribution in [1.29, 1.82) is 0 Å². The second-order valence-corrected chi connectivity index (χ2v) is 9.82. The number of carbonyl (C=O) groups is 1. The van der Waals surface area contributed by atoms with Gasteiger partial charge in [0.25, 0.3) is 5.91 Å². The van der Waals surface area contributed by atoms with Crippen LogP contribution in [0.25, 0.3) is 0 Å². The molecule has 1 aliphatic rings. The smallest absolute Gasteiger partial charge is 0.355 e. The van der Waals surface area contributed by atoms with E-state index >= 15 is 0 Å². The van der Waals surface area contributed by atoms with Gasteiger partial charge in [-0.2, -0.15) is 13.2 Å². The maximum Gasteiger partial charge on any atom is 0.416 e. The van der Waals surface area contributed by atoms with Crippen LogP contribution in [0.5, 0.6) is 0 Å². The maximum atomic E-state index is 12.9. The summed E-state index contributed by atoms with van der Waals surface area (Å²) in [6.07, 6.45) is -1.44. The molecule has 0 spiro atoms. The molecule has 2 aromatic carbocycles. The second kappa shape index (κ2) is 8.22. The van der Waals surface area contributed by atoms with Crippen LogP contribution < -0.4 is 5.32 Å². The number of benzene rings is 2. The number of sulfone groups is 1. The zero-order valence-corrected chi connectivity index (χ0v) is 18.7. The first-order valence-corrected chi connectivity index (χ1v) is 11.9. The van der Waals surface area contributed by atoms with Gasteiger partial charge in [-0.25, -0.2) is 13.4 Å². The third-order valence-corrected chi connectivity index (χ3v) is 6.47. The van der Waals surface area contributed by atoms with Crippen LogP contribution in [-0.2, 0) is 36.0 Å². The van der Waals surface area contributed by atoms with E-state index in [2.05, 4.69) is 10.3 Å². The topological polar surface area (TPSA) is 84.3 Å². The van der Waals surface area contributed by atoms with Crippen molar-refractivity contribution in [1.82, 2.24) is 14.5 Å². The number of hydrogen-bond donors (Lipinski definition) is 1. The number of aromatic nitrogens is 2. The number of alkyl halides is 3. The molecular weight excluding hydrogens is 457 g/mol. The lowest BCUT2D eigenvalue weighted by Gasteiger charge is -2.30. The molecule has 0 unspecified atom stereocenters. The highest BCUT2D eigenvalue weighted by Gasteiger charge is 2.30. The van der Waals surface area contributed by atoms with E-state index in [1.54, 1.807) is 4.90 Å². The molecule has 174 valence electrons. The Hall–Kier alpha value is -3.34. The van der Waals surface area contributed by atoms with Crippen molar-refractivity contribution in [3.05, 3.63) is 71.0 Å². The van der Waals surface area contributed by atoms with E-state index in [4.69, 9.17) is 0 Å². The van der Waals surface area contributed by atoms with Crippen molar-refractivity contribution in [3.8, 4) is 0 Å². The summed E-state index contributed by atoms with van der Waals surface area (Å²) in [5, 5.41) is 2.99. The number of rotatable bonds is 4. The Bertz CT molecular complexity index is 1320. The number of hydrogen-bond acceptors (Lipinski definition) is 5. The van der Waals surface area contributed by atoms with Crippen LogP contribution in [0.15, 0.2) is 53.8 Å². The Labute approximate surface area is 188 Å². The van der Waals surface area contributed by atoms with Crippen LogP contribution in [0.3, 0.4) is 0 Å². The van der Waals surface area contributed by atoms with Gasteiger partial charge < -0.3 is 14.8 Å². The number of nitrogens with zero attached hydrogens (tertiary/aromatic N) is 3. The van der Waals surface area contributed by atoms with E-state index in [0.717, 1.165) is 35.2 Å². The Morgan fingerprint density at radius 2 is 1.82 bits per heavy atom. The van der Waals surface area contributed by atoms with Gasteiger partial charge in [0.1, 0.15) is 5.69 Å². The summed E-state index contributed by atoms with van der Waals surface area (Å²) in [4.78, 5) is 18.5. The minimum Gasteiger partial charge on any atom is -0.355 e. The fourth-order valence-electron chi connectivity index (χ4n) is 3.86. The molecule has 0 radical (unpaired) electrons. The summed E-state index contributed by atoms with van der Waals surface area (Å²) in [7, 11) is -2.04. The fraction of sp³-hybridized carbons (Fsp3) is 0.273. The predicted octanol–water partition coefficient (Wildman–Crippen LogP) is 3.78. The van der Waals surface area contributed by atoms with Gasteiger partial charge in [0, 0.05) is 44.0 Å². The lowest BCUT2D eigenvalue weighted by molar-refractivity contribution is -0.137. The minimum atomic E-state index is -4.39. The third-order valence-electron chi connectivity index (χ3n) is 5.43. The van der Waals surface area contributed by atoms with Crippen molar-refractivity contribution < 1.29 is 26.4 Å². The summed E-state index contributed by atoms with van der Waals surface area (Å²) >= 11 is 0. The number of aryl methyl sites for hydroxylation is 1. The number of fused-ring (bicyclic) bond motifs is 1. The van der Waals surface area contributed by atoms with E-state index in [1.807, 2.05) is 18.2 Å². The molecule has 3 aromatic rings. The van der Waals surface area contributed by atoms with Gasteiger partial charge >= 0.3 is 6.18 Å². The van der Waals surface area contributed by atoms with Gasteiger partial charge in [0.05, 0.1) is 5.56 Å². The zero-order valence-electron chi connectivity index (χ0n) is 17.8. The van der Waals surface area contributed by atoms with Crippen molar-refractivity contribution >= 4 is 27.1 Å². The highest BCUT2D eigenvalue weighted by molar-refractivity contribution is 7.90. The average molecular weight is 478 g/mol.